The van der Waals surface area contributed by atoms with Crippen molar-refractivity contribution in [2.24, 2.45) is 11.7 Å². The van der Waals surface area contributed by atoms with Crippen molar-refractivity contribution in [2.75, 3.05) is 25.6 Å². The van der Waals surface area contributed by atoms with Gasteiger partial charge in [-0.15, -0.1) is 0 Å². The van der Waals surface area contributed by atoms with Crippen LogP contribution in [0.5, 0.6) is 5.75 Å². The van der Waals surface area contributed by atoms with Gasteiger partial charge in [0.25, 0.3) is 0 Å². The lowest BCUT2D eigenvalue weighted by Crippen LogP contribution is -2.41. The minimum Gasteiger partial charge on any atom is -0.496 e. The van der Waals surface area contributed by atoms with Crippen LogP contribution in [0.1, 0.15) is 24.0 Å². The van der Waals surface area contributed by atoms with Crippen LogP contribution >= 0.6 is 0 Å². The molecule has 1 aromatic rings. The molecule has 0 aromatic heterocycles. The third kappa shape index (κ3) is 2.61. The fraction of sp³-hybridized carbons (Fsp3) is 0.600. The van der Waals surface area contributed by atoms with Crippen molar-refractivity contribution in [3.8, 4) is 5.75 Å². The number of anilines is 1. The van der Waals surface area contributed by atoms with E-state index in [1.54, 1.807) is 7.11 Å². The van der Waals surface area contributed by atoms with Crippen molar-refractivity contribution < 1.29 is 4.74 Å². The molecule has 1 aliphatic rings. The number of aryl methyl sites for hydroxylation is 2. The normalized spacial score (nSPS) is 22.5. The van der Waals surface area contributed by atoms with E-state index in [1.165, 1.54) is 29.7 Å². The van der Waals surface area contributed by atoms with E-state index in [0.717, 1.165) is 18.2 Å². The van der Waals surface area contributed by atoms with E-state index in [0.29, 0.717) is 6.04 Å². The molecule has 0 radical (unpaired) electrons. The van der Waals surface area contributed by atoms with Crippen molar-refractivity contribution in [3.63, 3.8) is 0 Å². The Kier molecular flexibility index (Phi) is 3.81. The van der Waals surface area contributed by atoms with Crippen molar-refractivity contribution in [3.05, 3.63) is 23.3 Å². The maximum absolute atomic E-state index is 5.83. The van der Waals surface area contributed by atoms with Gasteiger partial charge < -0.3 is 15.4 Å². The summed E-state index contributed by atoms with van der Waals surface area (Å²) < 4.78 is 5.40. The van der Waals surface area contributed by atoms with Gasteiger partial charge in [0.05, 0.1) is 7.11 Å². The lowest BCUT2D eigenvalue weighted by atomic mass is 9.80. The zero-order chi connectivity index (χ0) is 13.3. The van der Waals surface area contributed by atoms with Gasteiger partial charge in [-0.05, 0) is 55.9 Å². The van der Waals surface area contributed by atoms with Crippen LogP contribution in [0, 0.1) is 19.8 Å². The van der Waals surface area contributed by atoms with Crippen molar-refractivity contribution in [1.29, 1.82) is 0 Å². The molecule has 1 aliphatic carbocycles. The van der Waals surface area contributed by atoms with E-state index in [4.69, 9.17) is 10.5 Å². The number of methoxy groups -OCH3 is 1. The Hall–Kier alpha value is -1.22. The molecule has 3 nitrogen and oxygen atoms in total. The molecule has 0 unspecified atom stereocenters. The van der Waals surface area contributed by atoms with Crippen LogP contribution in [0.3, 0.4) is 0 Å². The fourth-order valence-corrected chi connectivity index (χ4v) is 2.90. The Morgan fingerprint density at radius 2 is 1.83 bits per heavy atom. The van der Waals surface area contributed by atoms with E-state index < -0.39 is 0 Å². The lowest BCUT2D eigenvalue weighted by Gasteiger charge is -2.36. The first-order valence-corrected chi connectivity index (χ1v) is 6.63. The second-order valence-corrected chi connectivity index (χ2v) is 5.59. The van der Waals surface area contributed by atoms with Gasteiger partial charge in [-0.1, -0.05) is 0 Å². The van der Waals surface area contributed by atoms with Crippen LogP contribution in [-0.4, -0.2) is 26.7 Å². The SMILES string of the molecule is COc1c(C)cc(N(C)CC2CC(N)C2)cc1C. The Morgan fingerprint density at radius 1 is 1.28 bits per heavy atom. The van der Waals surface area contributed by atoms with Gasteiger partial charge in [0.1, 0.15) is 5.75 Å². The maximum atomic E-state index is 5.83. The van der Waals surface area contributed by atoms with Crippen molar-refractivity contribution in [2.45, 2.75) is 32.7 Å². The summed E-state index contributed by atoms with van der Waals surface area (Å²) in [5.74, 6) is 1.76. The summed E-state index contributed by atoms with van der Waals surface area (Å²) in [6.45, 7) is 5.30. The molecule has 2 N–H and O–H groups in total. The summed E-state index contributed by atoms with van der Waals surface area (Å²) in [5, 5.41) is 0. The Morgan fingerprint density at radius 3 is 2.28 bits per heavy atom. The predicted octanol–water partition coefficient (Wildman–Crippen LogP) is 2.49. The predicted molar refractivity (Wildman–Crippen MR) is 76.4 cm³/mol. The minimum absolute atomic E-state index is 0.433. The second kappa shape index (κ2) is 5.19. The summed E-state index contributed by atoms with van der Waals surface area (Å²) >= 11 is 0. The van der Waals surface area contributed by atoms with Gasteiger partial charge in [0, 0.05) is 25.3 Å². The van der Waals surface area contributed by atoms with E-state index in [-0.39, 0.29) is 0 Å². The summed E-state index contributed by atoms with van der Waals surface area (Å²) in [7, 11) is 3.89. The molecule has 18 heavy (non-hydrogen) atoms. The first-order valence-electron chi connectivity index (χ1n) is 6.63. The standard InChI is InChI=1S/C15H24N2O/c1-10-5-14(6-11(2)15(10)18-4)17(3)9-12-7-13(16)8-12/h5-6,12-13H,7-9,16H2,1-4H3. The molecule has 3 heteroatoms. The third-order valence-electron chi connectivity index (χ3n) is 3.89. The van der Waals surface area contributed by atoms with Gasteiger partial charge in [-0.25, -0.2) is 0 Å². The van der Waals surface area contributed by atoms with Gasteiger partial charge in [-0.3, -0.25) is 0 Å². The summed E-state index contributed by atoms with van der Waals surface area (Å²) in [5.41, 5.74) is 9.50. The molecule has 1 fully saturated rings. The van der Waals surface area contributed by atoms with Gasteiger partial charge in [-0.2, -0.15) is 0 Å². The summed E-state index contributed by atoms with van der Waals surface area (Å²) in [6, 6.07) is 4.83. The highest BCUT2D eigenvalue weighted by Crippen LogP contribution is 2.31. The molecular weight excluding hydrogens is 224 g/mol. The molecule has 0 saturated heterocycles. The van der Waals surface area contributed by atoms with Crippen LogP contribution in [-0.2, 0) is 0 Å². The number of hydrogen-bond acceptors (Lipinski definition) is 3. The van der Waals surface area contributed by atoms with Crippen LogP contribution < -0.4 is 15.4 Å². The topological polar surface area (TPSA) is 38.5 Å². The minimum atomic E-state index is 0.433. The molecule has 0 heterocycles. The van der Waals surface area contributed by atoms with Crippen LogP contribution in [0.2, 0.25) is 0 Å². The highest BCUT2D eigenvalue weighted by Gasteiger charge is 2.26. The highest BCUT2D eigenvalue weighted by molar-refractivity contribution is 5.56. The number of nitrogens with zero attached hydrogens (tertiary/aromatic N) is 1. The number of benzene rings is 1. The Labute approximate surface area is 110 Å². The number of ether oxygens (including phenoxy) is 1. The smallest absolute Gasteiger partial charge is 0.124 e. The molecule has 100 valence electrons. The monoisotopic (exact) mass is 248 g/mol. The van der Waals surface area contributed by atoms with E-state index in [1.807, 2.05) is 0 Å². The number of hydrogen-bond donors (Lipinski definition) is 1. The van der Waals surface area contributed by atoms with Gasteiger partial charge in [0.15, 0.2) is 0 Å². The molecule has 0 bridgehead atoms. The zero-order valence-electron chi connectivity index (χ0n) is 11.9. The molecule has 1 aromatic carbocycles. The van der Waals surface area contributed by atoms with Crippen LogP contribution in [0.15, 0.2) is 12.1 Å². The molecule has 2 rings (SSSR count). The highest BCUT2D eigenvalue weighted by atomic mass is 16.5. The Balaban J connectivity index is 2.08. The second-order valence-electron chi connectivity index (χ2n) is 5.59. The van der Waals surface area contributed by atoms with Crippen LogP contribution in [0.4, 0.5) is 5.69 Å². The summed E-state index contributed by atoms with van der Waals surface area (Å²) in [6.07, 6.45) is 2.33. The molecule has 1 saturated carbocycles. The number of rotatable bonds is 4. The molecule has 0 atom stereocenters. The number of nitrogens with two attached hydrogens (primary N) is 1. The van der Waals surface area contributed by atoms with E-state index in [2.05, 4.69) is 37.9 Å². The molecule has 0 aliphatic heterocycles. The Bertz CT molecular complexity index is 401. The third-order valence-corrected chi connectivity index (χ3v) is 3.89. The molecule has 0 spiro atoms. The quantitative estimate of drug-likeness (QED) is 0.889. The maximum Gasteiger partial charge on any atom is 0.124 e. The fourth-order valence-electron chi connectivity index (χ4n) is 2.90. The van der Waals surface area contributed by atoms with Gasteiger partial charge >= 0.3 is 0 Å². The molecular formula is C15H24N2O. The van der Waals surface area contributed by atoms with Gasteiger partial charge in [0.2, 0.25) is 0 Å². The molecule has 0 amide bonds. The zero-order valence-corrected chi connectivity index (χ0v) is 11.9. The summed E-state index contributed by atoms with van der Waals surface area (Å²) in [4.78, 5) is 2.33. The largest absolute Gasteiger partial charge is 0.496 e. The average Bonchev–Trinajstić information content (AvgIpc) is 2.26. The average molecular weight is 248 g/mol. The first kappa shape index (κ1) is 13.2. The lowest BCUT2D eigenvalue weighted by molar-refractivity contribution is 0.271. The van der Waals surface area contributed by atoms with Crippen LogP contribution in [0.25, 0.3) is 0 Å². The first-order chi connectivity index (χ1) is 8.51. The van der Waals surface area contributed by atoms with E-state index in [9.17, 15) is 0 Å². The van der Waals surface area contributed by atoms with Crippen molar-refractivity contribution in [1.82, 2.24) is 0 Å². The van der Waals surface area contributed by atoms with E-state index >= 15 is 0 Å². The van der Waals surface area contributed by atoms with Crippen molar-refractivity contribution >= 4 is 5.69 Å².